The van der Waals surface area contributed by atoms with Gasteiger partial charge in [-0.25, -0.2) is 4.79 Å². The average Bonchev–Trinajstić information content (AvgIpc) is 3.44. The number of ketones is 1. The molecule has 5 rings (SSSR count). The van der Waals surface area contributed by atoms with Gasteiger partial charge >= 0.3 is 17.9 Å². The molecule has 9 nitrogen and oxygen atoms in total. The summed E-state index contributed by atoms with van der Waals surface area (Å²) < 4.78 is 28.7. The van der Waals surface area contributed by atoms with Crippen molar-refractivity contribution < 1.29 is 42.5 Å². The van der Waals surface area contributed by atoms with Gasteiger partial charge in [0.1, 0.15) is 18.0 Å². The summed E-state index contributed by atoms with van der Waals surface area (Å²) in [5.41, 5.74) is -2.26. The minimum Gasteiger partial charge on any atom is -0.482 e. The van der Waals surface area contributed by atoms with E-state index in [0.717, 1.165) is 0 Å². The van der Waals surface area contributed by atoms with Crippen molar-refractivity contribution in [3.63, 3.8) is 0 Å². The number of hydrogen-bond donors (Lipinski definition) is 0. The third kappa shape index (κ3) is 3.29. The minimum atomic E-state index is -1.19. The number of esters is 3. The molecule has 2 aliphatic carbocycles. The van der Waals surface area contributed by atoms with Crippen molar-refractivity contribution in [2.75, 3.05) is 7.11 Å². The molecule has 0 radical (unpaired) electrons. The highest BCUT2D eigenvalue weighted by Gasteiger charge is 2.70. The van der Waals surface area contributed by atoms with Crippen molar-refractivity contribution in [3.05, 3.63) is 59.3 Å². The molecule has 0 aromatic carbocycles. The first-order chi connectivity index (χ1) is 17.7. The maximum absolute atomic E-state index is 13.3. The van der Waals surface area contributed by atoms with E-state index in [4.69, 9.17) is 23.4 Å². The quantitative estimate of drug-likeness (QED) is 0.325. The van der Waals surface area contributed by atoms with E-state index >= 15 is 0 Å². The summed E-state index contributed by atoms with van der Waals surface area (Å²) in [4.78, 5) is 51.2. The lowest BCUT2D eigenvalue weighted by Gasteiger charge is -2.53. The second-order valence-corrected chi connectivity index (χ2v) is 11.6. The van der Waals surface area contributed by atoms with E-state index in [1.54, 1.807) is 19.9 Å². The molecule has 1 saturated heterocycles. The molecule has 1 aromatic rings. The number of furan rings is 1. The summed E-state index contributed by atoms with van der Waals surface area (Å²) >= 11 is 0. The Labute approximate surface area is 220 Å². The molecule has 9 heteroatoms. The number of methoxy groups -OCH3 is 1. The first kappa shape index (κ1) is 26.0. The smallest absolute Gasteiger partial charge is 0.331 e. The predicted octanol–water partition coefficient (Wildman–Crippen LogP) is 4.15. The zero-order valence-electron chi connectivity index (χ0n) is 22.6. The number of allylic oxidation sites excluding steroid dienone is 2. The molecular weight excluding hydrogens is 492 g/mol. The van der Waals surface area contributed by atoms with Crippen molar-refractivity contribution >= 4 is 23.7 Å². The van der Waals surface area contributed by atoms with Crippen LogP contribution < -0.4 is 0 Å². The number of cyclic esters (lactones) is 1. The topological polar surface area (TPSA) is 118 Å². The Balaban J connectivity index is 1.78. The molecule has 6 atom stereocenters. The van der Waals surface area contributed by atoms with Crippen LogP contribution in [0.4, 0.5) is 0 Å². The molecule has 3 heterocycles. The fraction of sp³-hybridized carbons (Fsp3) is 0.517. The number of hydrogen-bond acceptors (Lipinski definition) is 9. The lowest BCUT2D eigenvalue weighted by molar-refractivity contribution is -0.168. The maximum Gasteiger partial charge on any atom is 0.331 e. The van der Waals surface area contributed by atoms with Gasteiger partial charge in [0.15, 0.2) is 11.4 Å². The predicted molar refractivity (Wildman–Crippen MR) is 132 cm³/mol. The Kier molecular flexibility index (Phi) is 5.60. The van der Waals surface area contributed by atoms with Crippen molar-refractivity contribution in [2.24, 2.45) is 22.2 Å². The van der Waals surface area contributed by atoms with Crippen LogP contribution in [-0.2, 0) is 38.1 Å². The SMILES string of the molecule is COC(=O)C[C@H]1C(C)(C)C(=O)C=C2O[C@@]3(C)C(=C[C@H](OC(C)=O)[C@]4(C)C3=CC(=O)O[C@H]4c3ccoc3)[C@@]21C. The Morgan fingerprint density at radius 2 is 1.76 bits per heavy atom. The number of carbonyl (C=O) groups is 4. The van der Waals surface area contributed by atoms with Gasteiger partial charge in [0.2, 0.25) is 0 Å². The number of rotatable bonds is 4. The molecule has 1 fully saturated rings. The fourth-order valence-corrected chi connectivity index (χ4v) is 7.13. The molecule has 0 bridgehead atoms. The van der Waals surface area contributed by atoms with Gasteiger partial charge in [0, 0.05) is 30.1 Å². The largest absolute Gasteiger partial charge is 0.482 e. The summed E-state index contributed by atoms with van der Waals surface area (Å²) in [6.45, 7) is 10.6. The van der Waals surface area contributed by atoms with Gasteiger partial charge in [0.25, 0.3) is 0 Å². The van der Waals surface area contributed by atoms with E-state index in [-0.39, 0.29) is 12.2 Å². The maximum atomic E-state index is 13.3. The standard InChI is InChI=1S/C29H32O9/c1-15(30)36-21-10-18-27(4)17(11-23(32)34-7)26(2,3)20(31)13-22(27)38-29(18,6)19-12-24(33)37-25(28(19,21)5)16-8-9-35-14-16/h8-10,12-14,17,21,25H,11H2,1-7H3/t17-,21-,25-,27-,28-,29-/m0/s1. The molecule has 4 aliphatic rings. The van der Waals surface area contributed by atoms with E-state index in [0.29, 0.717) is 22.5 Å². The van der Waals surface area contributed by atoms with Gasteiger partial charge in [-0.05, 0) is 50.0 Å². The Bertz CT molecular complexity index is 1330. The van der Waals surface area contributed by atoms with Crippen LogP contribution in [0, 0.1) is 22.2 Å². The van der Waals surface area contributed by atoms with E-state index in [9.17, 15) is 19.2 Å². The van der Waals surface area contributed by atoms with Crippen LogP contribution >= 0.6 is 0 Å². The van der Waals surface area contributed by atoms with Crippen LogP contribution in [0.3, 0.4) is 0 Å². The van der Waals surface area contributed by atoms with Crippen molar-refractivity contribution in [3.8, 4) is 0 Å². The van der Waals surface area contributed by atoms with Crippen molar-refractivity contribution in [1.82, 2.24) is 0 Å². The Morgan fingerprint density at radius 3 is 2.37 bits per heavy atom. The Hall–Kier alpha value is -3.62. The molecule has 0 spiro atoms. The summed E-state index contributed by atoms with van der Waals surface area (Å²) in [7, 11) is 1.31. The van der Waals surface area contributed by atoms with Gasteiger partial charge in [-0.3, -0.25) is 14.4 Å². The molecule has 0 saturated carbocycles. The second kappa shape index (κ2) is 8.19. The summed E-state index contributed by atoms with van der Waals surface area (Å²) in [5.74, 6) is -1.85. The lowest BCUT2D eigenvalue weighted by Crippen LogP contribution is -2.56. The van der Waals surface area contributed by atoms with Crippen LogP contribution in [0.15, 0.2) is 58.1 Å². The summed E-state index contributed by atoms with van der Waals surface area (Å²) in [6.07, 6.45) is 5.97. The van der Waals surface area contributed by atoms with Crippen molar-refractivity contribution in [2.45, 2.75) is 65.8 Å². The van der Waals surface area contributed by atoms with E-state index < -0.39 is 57.9 Å². The molecule has 0 N–H and O–H groups in total. The first-order valence-electron chi connectivity index (χ1n) is 12.6. The number of ether oxygens (including phenoxy) is 4. The van der Waals surface area contributed by atoms with Gasteiger partial charge < -0.3 is 23.4 Å². The van der Waals surface area contributed by atoms with Crippen molar-refractivity contribution in [1.29, 1.82) is 0 Å². The third-order valence-corrected chi connectivity index (χ3v) is 9.15. The van der Waals surface area contributed by atoms with E-state index in [1.807, 2.05) is 26.8 Å². The first-order valence-corrected chi connectivity index (χ1v) is 12.6. The average molecular weight is 525 g/mol. The van der Waals surface area contributed by atoms with Crippen LogP contribution in [0.1, 0.15) is 59.6 Å². The van der Waals surface area contributed by atoms with Gasteiger partial charge in [0.05, 0.1) is 36.9 Å². The highest BCUT2D eigenvalue weighted by atomic mass is 16.6. The molecule has 202 valence electrons. The third-order valence-electron chi connectivity index (χ3n) is 9.15. The lowest BCUT2D eigenvalue weighted by atomic mass is 9.50. The fourth-order valence-electron chi connectivity index (χ4n) is 7.13. The number of carbonyl (C=O) groups excluding carboxylic acids is 4. The van der Waals surface area contributed by atoms with Gasteiger partial charge in [-0.2, -0.15) is 0 Å². The zero-order chi connectivity index (χ0) is 27.8. The van der Waals surface area contributed by atoms with Crippen LogP contribution in [0.5, 0.6) is 0 Å². The second-order valence-electron chi connectivity index (χ2n) is 11.6. The van der Waals surface area contributed by atoms with Crippen LogP contribution in [-0.4, -0.2) is 42.5 Å². The van der Waals surface area contributed by atoms with E-state index in [2.05, 4.69) is 0 Å². The van der Waals surface area contributed by atoms with Gasteiger partial charge in [-0.1, -0.05) is 13.8 Å². The Morgan fingerprint density at radius 1 is 1.05 bits per heavy atom. The highest BCUT2D eigenvalue weighted by molar-refractivity contribution is 5.97. The molecule has 0 unspecified atom stereocenters. The van der Waals surface area contributed by atoms with Gasteiger partial charge in [-0.15, -0.1) is 0 Å². The van der Waals surface area contributed by atoms with Crippen LogP contribution in [0.2, 0.25) is 0 Å². The molecule has 0 amide bonds. The molecular formula is C29H32O9. The minimum absolute atomic E-state index is 0.0336. The van der Waals surface area contributed by atoms with Crippen LogP contribution in [0.25, 0.3) is 0 Å². The molecule has 2 aliphatic heterocycles. The van der Waals surface area contributed by atoms with E-state index in [1.165, 1.54) is 38.7 Å². The highest BCUT2D eigenvalue weighted by Crippen LogP contribution is 2.69. The summed E-state index contributed by atoms with van der Waals surface area (Å²) in [5, 5.41) is 0. The summed E-state index contributed by atoms with van der Waals surface area (Å²) in [6, 6.07) is 1.70. The zero-order valence-corrected chi connectivity index (χ0v) is 22.6. The molecule has 1 aromatic heterocycles. The monoisotopic (exact) mass is 524 g/mol. The normalized spacial score (nSPS) is 36.8. The number of fused-ring (bicyclic) bond motifs is 5. The molecule has 38 heavy (non-hydrogen) atoms.